The van der Waals surface area contributed by atoms with Gasteiger partial charge in [-0.25, -0.2) is 0 Å². The number of nitrogens with two attached hydrogens (primary N) is 1. The highest BCUT2D eigenvalue weighted by molar-refractivity contribution is 6.00. The van der Waals surface area contributed by atoms with E-state index in [4.69, 9.17) is 24.7 Å². The summed E-state index contributed by atoms with van der Waals surface area (Å²) in [4.78, 5) is 13.4. The number of rotatable bonds is 5. The van der Waals surface area contributed by atoms with E-state index in [9.17, 15) is 10.1 Å². The van der Waals surface area contributed by atoms with E-state index in [0.29, 0.717) is 47.0 Å². The summed E-state index contributed by atoms with van der Waals surface area (Å²) in [5.41, 5.74) is 8.42. The first-order valence-electron chi connectivity index (χ1n) is 10.2. The van der Waals surface area contributed by atoms with Gasteiger partial charge in [-0.3, -0.25) is 4.79 Å². The van der Waals surface area contributed by atoms with Gasteiger partial charge in [0.15, 0.2) is 17.3 Å². The molecule has 0 amide bonds. The molecule has 4 rings (SSSR count). The zero-order valence-corrected chi connectivity index (χ0v) is 18.2. The fourth-order valence-electron chi connectivity index (χ4n) is 4.46. The molecule has 0 aromatic heterocycles. The van der Waals surface area contributed by atoms with Gasteiger partial charge in [0.25, 0.3) is 0 Å². The molecule has 0 unspecified atom stereocenters. The normalized spacial score (nSPS) is 20.2. The smallest absolute Gasteiger partial charge is 0.205 e. The Kier molecular flexibility index (Phi) is 5.78. The summed E-state index contributed by atoms with van der Waals surface area (Å²) >= 11 is 0. The summed E-state index contributed by atoms with van der Waals surface area (Å²) in [6.07, 6.45) is 0.827. The first-order valence-corrected chi connectivity index (χ1v) is 10.2. The van der Waals surface area contributed by atoms with Crippen LogP contribution in [0.5, 0.6) is 17.2 Å². The Morgan fingerprint density at radius 3 is 2.28 bits per heavy atom. The third kappa shape index (κ3) is 3.54. The van der Waals surface area contributed by atoms with Crippen molar-refractivity contribution in [3.05, 3.63) is 76.4 Å². The van der Waals surface area contributed by atoms with Crippen LogP contribution in [0, 0.1) is 11.3 Å². The van der Waals surface area contributed by atoms with Gasteiger partial charge in [0.05, 0.1) is 27.2 Å². The molecule has 2 aliphatic rings. The van der Waals surface area contributed by atoms with Crippen LogP contribution in [-0.4, -0.2) is 27.1 Å². The van der Waals surface area contributed by atoms with Crippen LogP contribution in [0.2, 0.25) is 0 Å². The number of ketones is 1. The van der Waals surface area contributed by atoms with Crippen LogP contribution >= 0.6 is 0 Å². The number of hydrogen-bond acceptors (Lipinski definition) is 7. The highest BCUT2D eigenvalue weighted by atomic mass is 16.5. The van der Waals surface area contributed by atoms with Crippen molar-refractivity contribution < 1.29 is 23.7 Å². The standard InChI is InChI=1S/C25H24N2O5/c1-29-19-12-21(31-3)20(30-2)11-16(19)23-17(13-26)25(27)32-22-10-15(9-18(28)24(22)23)14-7-5-4-6-8-14/h4-8,11-12,15,23H,9-10,27H2,1-3H3/t15-,23-/m1/s1. The minimum atomic E-state index is -0.720. The summed E-state index contributed by atoms with van der Waals surface area (Å²) in [5.74, 6) is 1.06. The Morgan fingerprint density at radius 2 is 1.66 bits per heavy atom. The van der Waals surface area contributed by atoms with Crippen molar-refractivity contribution in [3.8, 4) is 23.3 Å². The summed E-state index contributed by atoms with van der Waals surface area (Å²) in [6, 6.07) is 15.4. The fourth-order valence-corrected chi connectivity index (χ4v) is 4.46. The number of carbonyl (C=O) groups excluding carboxylic acids is 1. The van der Waals surface area contributed by atoms with Gasteiger partial charge in [-0.1, -0.05) is 30.3 Å². The minimum absolute atomic E-state index is 0.00500. The molecule has 32 heavy (non-hydrogen) atoms. The van der Waals surface area contributed by atoms with Gasteiger partial charge in [0, 0.05) is 30.0 Å². The topological polar surface area (TPSA) is 104 Å². The second-order valence-corrected chi connectivity index (χ2v) is 7.65. The van der Waals surface area contributed by atoms with Crippen molar-refractivity contribution in [2.75, 3.05) is 21.3 Å². The lowest BCUT2D eigenvalue weighted by Crippen LogP contribution is -2.30. The van der Waals surface area contributed by atoms with Crippen molar-refractivity contribution in [2.45, 2.75) is 24.7 Å². The van der Waals surface area contributed by atoms with Crippen LogP contribution in [0.15, 0.2) is 65.3 Å². The first kappa shape index (κ1) is 21.3. The summed E-state index contributed by atoms with van der Waals surface area (Å²) < 4.78 is 22.3. The van der Waals surface area contributed by atoms with Gasteiger partial charge in [-0.15, -0.1) is 0 Å². The highest BCUT2D eigenvalue weighted by Gasteiger charge is 2.42. The molecule has 7 nitrogen and oxygen atoms in total. The summed E-state index contributed by atoms with van der Waals surface area (Å²) in [7, 11) is 4.57. The lowest BCUT2D eigenvalue weighted by molar-refractivity contribution is -0.117. The van der Waals surface area contributed by atoms with Gasteiger partial charge in [0.1, 0.15) is 23.2 Å². The zero-order valence-electron chi connectivity index (χ0n) is 18.2. The molecule has 164 valence electrons. The van der Waals surface area contributed by atoms with E-state index in [1.54, 1.807) is 12.1 Å². The van der Waals surface area contributed by atoms with E-state index in [0.717, 1.165) is 5.56 Å². The largest absolute Gasteiger partial charge is 0.496 e. The molecular formula is C25H24N2O5. The van der Waals surface area contributed by atoms with Gasteiger partial charge < -0.3 is 24.7 Å². The summed E-state index contributed by atoms with van der Waals surface area (Å²) in [5, 5.41) is 9.89. The zero-order chi connectivity index (χ0) is 22.8. The van der Waals surface area contributed by atoms with Crippen molar-refractivity contribution in [2.24, 2.45) is 5.73 Å². The number of nitrogens with zero attached hydrogens (tertiary/aromatic N) is 1. The van der Waals surface area contributed by atoms with E-state index in [-0.39, 0.29) is 23.2 Å². The van der Waals surface area contributed by atoms with Gasteiger partial charge in [0.2, 0.25) is 5.88 Å². The predicted octanol–water partition coefficient (Wildman–Crippen LogP) is 3.92. The highest BCUT2D eigenvalue weighted by Crippen LogP contribution is 2.50. The second-order valence-electron chi connectivity index (χ2n) is 7.65. The van der Waals surface area contributed by atoms with Crippen LogP contribution in [0.3, 0.4) is 0 Å². The van der Waals surface area contributed by atoms with Crippen LogP contribution < -0.4 is 19.9 Å². The van der Waals surface area contributed by atoms with Crippen LogP contribution in [0.4, 0.5) is 0 Å². The maximum atomic E-state index is 13.4. The fraction of sp³-hybridized carbons (Fsp3) is 0.280. The molecule has 0 saturated carbocycles. The molecule has 0 bridgehead atoms. The van der Waals surface area contributed by atoms with E-state index >= 15 is 0 Å². The average Bonchev–Trinajstić information content (AvgIpc) is 2.82. The minimum Gasteiger partial charge on any atom is -0.496 e. The van der Waals surface area contributed by atoms with Crippen LogP contribution in [-0.2, 0) is 9.53 Å². The molecule has 1 heterocycles. The van der Waals surface area contributed by atoms with Crippen molar-refractivity contribution in [1.82, 2.24) is 0 Å². The molecule has 2 N–H and O–H groups in total. The molecule has 0 fully saturated rings. The Bertz CT molecular complexity index is 1160. The first-order chi connectivity index (χ1) is 15.5. The van der Waals surface area contributed by atoms with Crippen molar-refractivity contribution in [3.63, 3.8) is 0 Å². The number of carbonyl (C=O) groups is 1. The quantitative estimate of drug-likeness (QED) is 0.764. The number of ether oxygens (including phenoxy) is 4. The van der Waals surface area contributed by atoms with Crippen molar-refractivity contribution in [1.29, 1.82) is 5.26 Å². The molecule has 2 aromatic rings. The molecule has 0 saturated heterocycles. The molecule has 7 heteroatoms. The Hall–Kier alpha value is -3.92. The van der Waals surface area contributed by atoms with Gasteiger partial charge in [-0.2, -0.15) is 5.26 Å². The molecule has 2 atom stereocenters. The average molecular weight is 432 g/mol. The van der Waals surface area contributed by atoms with E-state index < -0.39 is 5.92 Å². The molecule has 1 aliphatic carbocycles. The number of nitriles is 1. The number of methoxy groups -OCH3 is 3. The molecular weight excluding hydrogens is 408 g/mol. The van der Waals surface area contributed by atoms with Crippen molar-refractivity contribution >= 4 is 5.78 Å². The van der Waals surface area contributed by atoms with E-state index in [2.05, 4.69) is 6.07 Å². The number of Topliss-reactive ketones (excluding diaryl/α,β-unsaturated/α-hetero) is 1. The SMILES string of the molecule is COc1cc(OC)c([C@@H]2C(C#N)=C(N)OC3=C2C(=O)C[C@@H](c2ccccc2)C3)cc1OC. The molecule has 1 aliphatic heterocycles. The third-order valence-electron chi connectivity index (χ3n) is 5.98. The van der Waals surface area contributed by atoms with Gasteiger partial charge in [-0.05, 0) is 17.5 Å². The summed E-state index contributed by atoms with van der Waals surface area (Å²) in [6.45, 7) is 0. The third-order valence-corrected chi connectivity index (χ3v) is 5.98. The number of hydrogen-bond donors (Lipinski definition) is 1. The van der Waals surface area contributed by atoms with E-state index in [1.165, 1.54) is 21.3 Å². The lowest BCUT2D eigenvalue weighted by Gasteiger charge is -2.34. The van der Waals surface area contributed by atoms with Crippen LogP contribution in [0.25, 0.3) is 0 Å². The number of allylic oxidation sites excluding steroid dienone is 3. The maximum absolute atomic E-state index is 13.4. The maximum Gasteiger partial charge on any atom is 0.205 e. The second kappa shape index (κ2) is 8.67. The Labute approximate surface area is 186 Å². The van der Waals surface area contributed by atoms with Gasteiger partial charge >= 0.3 is 0 Å². The molecule has 0 radical (unpaired) electrons. The number of benzene rings is 2. The Balaban J connectivity index is 1.87. The van der Waals surface area contributed by atoms with E-state index in [1.807, 2.05) is 30.3 Å². The lowest BCUT2D eigenvalue weighted by atomic mass is 9.73. The molecule has 0 spiro atoms. The van der Waals surface area contributed by atoms with Crippen LogP contribution in [0.1, 0.15) is 35.8 Å². The monoisotopic (exact) mass is 432 g/mol. The predicted molar refractivity (Wildman–Crippen MR) is 117 cm³/mol. The Morgan fingerprint density at radius 1 is 1.00 bits per heavy atom. The molecule has 2 aromatic carbocycles.